The van der Waals surface area contributed by atoms with Gasteiger partial charge >= 0.3 is 0 Å². The van der Waals surface area contributed by atoms with Gasteiger partial charge in [-0.25, -0.2) is 13.1 Å². The van der Waals surface area contributed by atoms with Crippen LogP contribution in [-0.4, -0.2) is 27.2 Å². The number of rotatable bonds is 5. The van der Waals surface area contributed by atoms with Gasteiger partial charge in [0.25, 0.3) is 0 Å². The summed E-state index contributed by atoms with van der Waals surface area (Å²) in [4.78, 5) is 0.141. The number of para-hydroxylation sites is 1. The third-order valence-electron chi connectivity index (χ3n) is 3.20. The van der Waals surface area contributed by atoms with E-state index in [1.807, 2.05) is 6.92 Å². The van der Waals surface area contributed by atoms with E-state index in [-0.39, 0.29) is 17.0 Å². The summed E-state index contributed by atoms with van der Waals surface area (Å²) in [5.41, 5.74) is 2.76. The van der Waals surface area contributed by atoms with Crippen molar-refractivity contribution in [3.8, 4) is 0 Å². The van der Waals surface area contributed by atoms with Crippen LogP contribution in [-0.2, 0) is 14.8 Å². The molecule has 0 saturated carbocycles. The zero-order valence-electron chi connectivity index (χ0n) is 10.8. The SMILES string of the molecule is CC(NS(=O)(=O)c1ccccc1NN)C1CCCO1. The van der Waals surface area contributed by atoms with Gasteiger partial charge in [0.05, 0.1) is 11.8 Å². The Labute approximate surface area is 113 Å². The van der Waals surface area contributed by atoms with Gasteiger partial charge in [-0.3, -0.25) is 5.84 Å². The summed E-state index contributed by atoms with van der Waals surface area (Å²) < 4.78 is 32.8. The van der Waals surface area contributed by atoms with Crippen LogP contribution in [0.4, 0.5) is 5.69 Å². The van der Waals surface area contributed by atoms with Crippen LogP contribution in [0.25, 0.3) is 0 Å². The van der Waals surface area contributed by atoms with Crippen LogP contribution in [0.3, 0.4) is 0 Å². The van der Waals surface area contributed by atoms with Crippen molar-refractivity contribution in [2.45, 2.75) is 36.8 Å². The number of anilines is 1. The number of benzene rings is 1. The Morgan fingerprint density at radius 1 is 1.42 bits per heavy atom. The minimum absolute atomic E-state index is 0.0622. The highest BCUT2D eigenvalue weighted by Gasteiger charge is 2.27. The number of nitrogens with one attached hydrogen (secondary N) is 2. The zero-order chi connectivity index (χ0) is 13.9. The molecule has 1 heterocycles. The molecule has 1 aromatic carbocycles. The molecule has 0 aromatic heterocycles. The van der Waals surface area contributed by atoms with Crippen molar-refractivity contribution in [3.63, 3.8) is 0 Å². The Hall–Kier alpha value is -1.15. The van der Waals surface area contributed by atoms with Crippen molar-refractivity contribution in [2.24, 2.45) is 5.84 Å². The summed E-state index contributed by atoms with van der Waals surface area (Å²) >= 11 is 0. The van der Waals surface area contributed by atoms with Crippen LogP contribution >= 0.6 is 0 Å². The predicted molar refractivity (Wildman–Crippen MR) is 73.0 cm³/mol. The molecule has 2 rings (SSSR count). The third-order valence-corrected chi connectivity index (χ3v) is 4.81. The number of hydrazine groups is 1. The average Bonchev–Trinajstić information content (AvgIpc) is 2.92. The van der Waals surface area contributed by atoms with Gasteiger partial charge in [0.15, 0.2) is 0 Å². The molecule has 1 saturated heterocycles. The Kier molecular flexibility index (Phi) is 4.41. The van der Waals surface area contributed by atoms with Crippen LogP contribution < -0.4 is 16.0 Å². The molecule has 1 fully saturated rings. The number of sulfonamides is 1. The molecule has 0 spiro atoms. The molecule has 19 heavy (non-hydrogen) atoms. The first-order valence-electron chi connectivity index (χ1n) is 6.24. The van der Waals surface area contributed by atoms with E-state index >= 15 is 0 Å². The fourth-order valence-corrected chi connectivity index (χ4v) is 3.64. The number of hydrogen-bond acceptors (Lipinski definition) is 5. The molecule has 0 bridgehead atoms. The van der Waals surface area contributed by atoms with E-state index in [9.17, 15) is 8.42 Å². The topological polar surface area (TPSA) is 93.5 Å². The van der Waals surface area contributed by atoms with E-state index in [4.69, 9.17) is 10.6 Å². The summed E-state index contributed by atoms with van der Waals surface area (Å²) in [6.07, 6.45) is 1.78. The fraction of sp³-hybridized carbons (Fsp3) is 0.500. The first kappa shape index (κ1) is 14.3. The highest BCUT2D eigenvalue weighted by Crippen LogP contribution is 2.22. The lowest BCUT2D eigenvalue weighted by atomic mass is 10.1. The van der Waals surface area contributed by atoms with Gasteiger partial charge in [-0.15, -0.1) is 0 Å². The zero-order valence-corrected chi connectivity index (χ0v) is 11.6. The van der Waals surface area contributed by atoms with Gasteiger partial charge in [-0.2, -0.15) is 0 Å². The minimum Gasteiger partial charge on any atom is -0.377 e. The number of nitrogen functional groups attached to an aromatic ring is 1. The summed E-state index contributed by atoms with van der Waals surface area (Å²) in [5, 5.41) is 0. The van der Waals surface area contributed by atoms with E-state index in [1.165, 1.54) is 6.07 Å². The second-order valence-electron chi connectivity index (χ2n) is 4.60. The van der Waals surface area contributed by atoms with Crippen molar-refractivity contribution < 1.29 is 13.2 Å². The van der Waals surface area contributed by atoms with Gasteiger partial charge < -0.3 is 10.2 Å². The fourth-order valence-electron chi connectivity index (χ4n) is 2.20. The van der Waals surface area contributed by atoms with Crippen LogP contribution in [0, 0.1) is 0 Å². The van der Waals surface area contributed by atoms with Crippen molar-refractivity contribution >= 4 is 15.7 Å². The van der Waals surface area contributed by atoms with Gasteiger partial charge in [-0.05, 0) is 31.9 Å². The lowest BCUT2D eigenvalue weighted by Gasteiger charge is -2.20. The van der Waals surface area contributed by atoms with Crippen LogP contribution in [0.15, 0.2) is 29.2 Å². The summed E-state index contributed by atoms with van der Waals surface area (Å²) in [6, 6.07) is 6.24. The Balaban J connectivity index is 2.17. The normalized spacial score (nSPS) is 21.3. The maximum Gasteiger partial charge on any atom is 0.243 e. The van der Waals surface area contributed by atoms with E-state index in [1.54, 1.807) is 18.2 Å². The molecular formula is C12H19N3O3S. The highest BCUT2D eigenvalue weighted by molar-refractivity contribution is 7.89. The number of nitrogens with two attached hydrogens (primary N) is 1. The standard InChI is InChI=1S/C12H19N3O3S/c1-9(11-6-4-8-18-11)15-19(16,17)12-7-3-2-5-10(12)14-13/h2-3,5,7,9,11,14-15H,4,6,8,13H2,1H3. The van der Waals surface area contributed by atoms with Crippen molar-refractivity contribution in [1.29, 1.82) is 0 Å². The summed E-state index contributed by atoms with van der Waals surface area (Å²) in [7, 11) is -3.61. The molecule has 2 atom stereocenters. The molecule has 106 valence electrons. The lowest BCUT2D eigenvalue weighted by Crippen LogP contribution is -2.41. The Morgan fingerprint density at radius 3 is 2.79 bits per heavy atom. The van der Waals surface area contributed by atoms with Crippen LogP contribution in [0.1, 0.15) is 19.8 Å². The van der Waals surface area contributed by atoms with Crippen molar-refractivity contribution in [3.05, 3.63) is 24.3 Å². The molecule has 1 aliphatic rings. The first-order chi connectivity index (χ1) is 9.04. The molecule has 0 aliphatic carbocycles. The maximum atomic E-state index is 12.3. The maximum absolute atomic E-state index is 12.3. The second kappa shape index (κ2) is 5.87. The van der Waals surface area contributed by atoms with Gasteiger partial charge in [0, 0.05) is 12.6 Å². The molecule has 7 heteroatoms. The van der Waals surface area contributed by atoms with Crippen LogP contribution in [0.2, 0.25) is 0 Å². The molecule has 0 radical (unpaired) electrons. The largest absolute Gasteiger partial charge is 0.377 e. The van der Waals surface area contributed by atoms with E-state index in [0.717, 1.165) is 12.8 Å². The monoisotopic (exact) mass is 285 g/mol. The van der Waals surface area contributed by atoms with Crippen molar-refractivity contribution in [1.82, 2.24) is 4.72 Å². The minimum atomic E-state index is -3.61. The second-order valence-corrected chi connectivity index (χ2v) is 6.28. The Morgan fingerprint density at radius 2 is 2.16 bits per heavy atom. The van der Waals surface area contributed by atoms with Gasteiger partial charge in [0.2, 0.25) is 10.0 Å². The summed E-state index contributed by atoms with van der Waals surface area (Å²) in [6.45, 7) is 2.50. The first-order valence-corrected chi connectivity index (χ1v) is 7.72. The van der Waals surface area contributed by atoms with Gasteiger partial charge in [0.1, 0.15) is 4.90 Å². The number of ether oxygens (including phenoxy) is 1. The number of hydrogen-bond donors (Lipinski definition) is 3. The van der Waals surface area contributed by atoms with E-state index in [2.05, 4.69) is 10.1 Å². The molecule has 1 aliphatic heterocycles. The lowest BCUT2D eigenvalue weighted by molar-refractivity contribution is 0.0902. The molecule has 6 nitrogen and oxygen atoms in total. The molecule has 1 aromatic rings. The highest BCUT2D eigenvalue weighted by atomic mass is 32.2. The third kappa shape index (κ3) is 3.24. The van der Waals surface area contributed by atoms with E-state index in [0.29, 0.717) is 12.3 Å². The van der Waals surface area contributed by atoms with E-state index < -0.39 is 10.0 Å². The van der Waals surface area contributed by atoms with Crippen LogP contribution in [0.5, 0.6) is 0 Å². The molecule has 4 N–H and O–H groups in total. The Bertz CT molecular complexity index is 527. The van der Waals surface area contributed by atoms with Gasteiger partial charge in [-0.1, -0.05) is 12.1 Å². The molecule has 2 unspecified atom stereocenters. The van der Waals surface area contributed by atoms with Crippen molar-refractivity contribution in [2.75, 3.05) is 12.0 Å². The average molecular weight is 285 g/mol. The quantitative estimate of drug-likeness (QED) is 0.550. The molecule has 0 amide bonds. The predicted octanol–water partition coefficient (Wildman–Crippen LogP) is 0.818. The smallest absolute Gasteiger partial charge is 0.243 e. The molecular weight excluding hydrogens is 266 g/mol. The summed E-state index contributed by atoms with van der Waals surface area (Å²) in [5.74, 6) is 5.33.